The quantitative estimate of drug-likeness (QED) is 0.520. The van der Waals surface area contributed by atoms with Crippen LogP contribution in [-0.4, -0.2) is 23.5 Å². The molecule has 80 valence electrons. The number of carbonyl (C=O) groups is 2. The zero-order chi connectivity index (χ0) is 11.3. The van der Waals surface area contributed by atoms with Crippen LogP contribution in [0.2, 0.25) is 0 Å². The van der Waals surface area contributed by atoms with Gasteiger partial charge in [-0.2, -0.15) is 0 Å². The molecule has 15 heavy (non-hydrogen) atoms. The Morgan fingerprint density at radius 2 is 2.00 bits per heavy atom. The lowest BCUT2D eigenvalue weighted by Gasteiger charge is -2.23. The fourth-order valence-electron chi connectivity index (χ4n) is 1.65. The van der Waals surface area contributed by atoms with Gasteiger partial charge in [0.2, 0.25) is 5.91 Å². The average molecular weight is 207 g/mol. The Labute approximate surface area is 88.4 Å². The number of rotatable bonds is 3. The number of hydrogen-bond acceptors (Lipinski definition) is 2. The second kappa shape index (κ2) is 5.20. The van der Waals surface area contributed by atoms with Crippen molar-refractivity contribution < 1.29 is 14.7 Å². The highest BCUT2D eigenvalue weighted by atomic mass is 16.4. The maximum Gasteiger partial charge on any atom is 0.307 e. The molecule has 4 heteroatoms. The SMILES string of the molecule is C#CCNC(=O)[C@@H]1CC=CC[C@@H]1C(=O)O. The maximum absolute atomic E-state index is 11.6. The Bertz CT molecular complexity index is 327. The van der Waals surface area contributed by atoms with Gasteiger partial charge in [0.25, 0.3) is 0 Å². The van der Waals surface area contributed by atoms with Crippen molar-refractivity contribution >= 4 is 11.9 Å². The van der Waals surface area contributed by atoms with Gasteiger partial charge in [0.05, 0.1) is 18.4 Å². The summed E-state index contributed by atoms with van der Waals surface area (Å²) < 4.78 is 0. The molecule has 0 saturated heterocycles. The van der Waals surface area contributed by atoms with Crippen molar-refractivity contribution in [3.05, 3.63) is 12.2 Å². The van der Waals surface area contributed by atoms with E-state index in [1.54, 1.807) is 6.08 Å². The fourth-order valence-corrected chi connectivity index (χ4v) is 1.65. The van der Waals surface area contributed by atoms with Gasteiger partial charge in [0.15, 0.2) is 0 Å². The summed E-state index contributed by atoms with van der Waals surface area (Å²) >= 11 is 0. The van der Waals surface area contributed by atoms with Crippen LogP contribution in [0.4, 0.5) is 0 Å². The van der Waals surface area contributed by atoms with Gasteiger partial charge in [0, 0.05) is 0 Å². The molecule has 0 aliphatic heterocycles. The van der Waals surface area contributed by atoms with Crippen molar-refractivity contribution in [2.45, 2.75) is 12.8 Å². The van der Waals surface area contributed by atoms with Gasteiger partial charge >= 0.3 is 5.97 Å². The molecule has 0 radical (unpaired) electrons. The van der Waals surface area contributed by atoms with Crippen LogP contribution in [0.3, 0.4) is 0 Å². The fraction of sp³-hybridized carbons (Fsp3) is 0.455. The van der Waals surface area contributed by atoms with E-state index in [1.165, 1.54) is 0 Å². The molecule has 0 aromatic rings. The number of hydrogen-bond donors (Lipinski definition) is 2. The molecular formula is C11H13NO3. The number of carboxylic acids is 1. The Balaban J connectivity index is 2.65. The van der Waals surface area contributed by atoms with Crippen LogP contribution in [0.15, 0.2) is 12.2 Å². The van der Waals surface area contributed by atoms with E-state index in [-0.39, 0.29) is 12.5 Å². The number of amides is 1. The predicted octanol–water partition coefficient (Wildman–Crippen LogP) is 0.403. The smallest absolute Gasteiger partial charge is 0.307 e. The molecule has 0 fully saturated rings. The highest BCUT2D eigenvalue weighted by molar-refractivity contribution is 5.85. The van der Waals surface area contributed by atoms with Gasteiger partial charge in [-0.3, -0.25) is 9.59 Å². The molecule has 0 bridgehead atoms. The Hall–Kier alpha value is -1.76. The van der Waals surface area contributed by atoms with E-state index in [2.05, 4.69) is 11.2 Å². The van der Waals surface area contributed by atoms with Crippen molar-refractivity contribution in [2.24, 2.45) is 11.8 Å². The first-order valence-electron chi connectivity index (χ1n) is 4.75. The van der Waals surface area contributed by atoms with E-state index in [4.69, 9.17) is 11.5 Å². The Morgan fingerprint density at radius 3 is 2.53 bits per heavy atom. The van der Waals surface area contributed by atoms with E-state index < -0.39 is 17.8 Å². The van der Waals surface area contributed by atoms with Crippen LogP contribution < -0.4 is 5.32 Å². The molecule has 0 spiro atoms. The molecule has 0 aromatic carbocycles. The first kappa shape index (κ1) is 11.3. The third-order valence-corrected chi connectivity index (χ3v) is 2.45. The third-order valence-electron chi connectivity index (χ3n) is 2.45. The van der Waals surface area contributed by atoms with Gasteiger partial charge < -0.3 is 10.4 Å². The van der Waals surface area contributed by atoms with Gasteiger partial charge in [0.1, 0.15) is 0 Å². The van der Waals surface area contributed by atoms with Crippen molar-refractivity contribution in [1.82, 2.24) is 5.32 Å². The van der Waals surface area contributed by atoms with E-state index in [0.717, 1.165) is 0 Å². The van der Waals surface area contributed by atoms with Crippen LogP contribution in [0.1, 0.15) is 12.8 Å². The first-order valence-corrected chi connectivity index (χ1v) is 4.75. The van der Waals surface area contributed by atoms with Crippen LogP contribution in [0, 0.1) is 24.2 Å². The molecule has 1 rings (SSSR count). The highest BCUT2D eigenvalue weighted by Gasteiger charge is 2.33. The lowest BCUT2D eigenvalue weighted by molar-refractivity contribution is -0.147. The zero-order valence-electron chi connectivity index (χ0n) is 8.27. The van der Waals surface area contributed by atoms with Gasteiger partial charge in [-0.1, -0.05) is 18.1 Å². The maximum atomic E-state index is 11.6. The summed E-state index contributed by atoms with van der Waals surface area (Å²) in [6.45, 7) is 0.144. The topological polar surface area (TPSA) is 66.4 Å². The van der Waals surface area contributed by atoms with E-state index in [1.807, 2.05) is 6.08 Å². The van der Waals surface area contributed by atoms with Crippen molar-refractivity contribution in [1.29, 1.82) is 0 Å². The van der Waals surface area contributed by atoms with E-state index >= 15 is 0 Å². The minimum absolute atomic E-state index is 0.144. The number of carboxylic acid groups (broad SMARTS) is 1. The third kappa shape index (κ3) is 2.84. The minimum Gasteiger partial charge on any atom is -0.481 e. The normalized spacial score (nSPS) is 24.2. The Kier molecular flexibility index (Phi) is 3.92. The van der Waals surface area contributed by atoms with Crippen molar-refractivity contribution in [3.63, 3.8) is 0 Å². The van der Waals surface area contributed by atoms with Crippen LogP contribution >= 0.6 is 0 Å². The zero-order valence-corrected chi connectivity index (χ0v) is 8.27. The summed E-state index contributed by atoms with van der Waals surface area (Å²) in [5, 5.41) is 11.4. The summed E-state index contributed by atoms with van der Waals surface area (Å²) in [7, 11) is 0. The van der Waals surface area contributed by atoms with Gasteiger partial charge in [-0.05, 0) is 12.8 Å². The summed E-state index contributed by atoms with van der Waals surface area (Å²) in [5.74, 6) is -0.0503. The summed E-state index contributed by atoms with van der Waals surface area (Å²) in [4.78, 5) is 22.5. The van der Waals surface area contributed by atoms with Crippen LogP contribution in [-0.2, 0) is 9.59 Å². The molecule has 0 aromatic heterocycles. The number of terminal acetylenes is 1. The highest BCUT2D eigenvalue weighted by Crippen LogP contribution is 2.25. The standard InChI is InChI=1S/C11H13NO3/c1-2-7-12-10(13)8-5-3-4-6-9(8)11(14)15/h1,3-4,8-9H,5-7H2,(H,12,13)(H,14,15)/t8-,9+/m1/s1. The molecule has 1 amide bonds. The van der Waals surface area contributed by atoms with Crippen LogP contribution in [0.25, 0.3) is 0 Å². The average Bonchev–Trinajstić information content (AvgIpc) is 2.25. The van der Waals surface area contributed by atoms with Crippen LogP contribution in [0.5, 0.6) is 0 Å². The number of aliphatic carboxylic acids is 1. The summed E-state index contributed by atoms with van der Waals surface area (Å²) in [5.41, 5.74) is 0. The van der Waals surface area contributed by atoms with E-state index in [9.17, 15) is 9.59 Å². The summed E-state index contributed by atoms with van der Waals surface area (Å²) in [6, 6.07) is 0. The summed E-state index contributed by atoms with van der Waals surface area (Å²) in [6.07, 6.45) is 9.51. The molecule has 4 nitrogen and oxygen atoms in total. The molecule has 2 atom stereocenters. The minimum atomic E-state index is -0.930. The molecule has 2 N–H and O–H groups in total. The number of allylic oxidation sites excluding steroid dienone is 2. The van der Waals surface area contributed by atoms with Crippen molar-refractivity contribution in [3.8, 4) is 12.3 Å². The lowest BCUT2D eigenvalue weighted by Crippen LogP contribution is -2.38. The Morgan fingerprint density at radius 1 is 1.40 bits per heavy atom. The second-order valence-electron chi connectivity index (χ2n) is 3.42. The molecule has 0 saturated carbocycles. The van der Waals surface area contributed by atoms with Gasteiger partial charge in [-0.15, -0.1) is 6.42 Å². The van der Waals surface area contributed by atoms with Crippen molar-refractivity contribution in [2.75, 3.05) is 6.54 Å². The predicted molar refractivity (Wildman–Crippen MR) is 54.8 cm³/mol. The molecule has 0 unspecified atom stereocenters. The van der Waals surface area contributed by atoms with Gasteiger partial charge in [-0.25, -0.2) is 0 Å². The molecule has 0 heterocycles. The molecule has 1 aliphatic rings. The monoisotopic (exact) mass is 207 g/mol. The molecular weight excluding hydrogens is 194 g/mol. The number of nitrogens with one attached hydrogen (secondary N) is 1. The first-order chi connectivity index (χ1) is 7.16. The lowest BCUT2D eigenvalue weighted by atomic mass is 9.82. The second-order valence-corrected chi connectivity index (χ2v) is 3.42. The molecule has 1 aliphatic carbocycles. The number of carbonyl (C=O) groups excluding carboxylic acids is 1. The largest absolute Gasteiger partial charge is 0.481 e. The van der Waals surface area contributed by atoms with E-state index in [0.29, 0.717) is 12.8 Å².